The lowest BCUT2D eigenvalue weighted by molar-refractivity contribution is -0.0888. The van der Waals surface area contributed by atoms with Crippen LogP contribution in [-0.4, -0.2) is 19.1 Å². The summed E-state index contributed by atoms with van der Waals surface area (Å²) in [5, 5.41) is 0. The van der Waals surface area contributed by atoms with Crippen molar-refractivity contribution in [3.63, 3.8) is 0 Å². The van der Waals surface area contributed by atoms with Gasteiger partial charge < -0.3 is 14.2 Å². The van der Waals surface area contributed by atoms with Crippen LogP contribution < -0.4 is 0 Å². The first-order valence-electron chi connectivity index (χ1n) is 4.66. The highest BCUT2D eigenvalue weighted by molar-refractivity contribution is 5.59. The van der Waals surface area contributed by atoms with Crippen molar-refractivity contribution in [3.8, 4) is 0 Å². The molecular weight excluding hydrogens is 184 g/mol. The van der Waals surface area contributed by atoms with Gasteiger partial charge in [-0.15, -0.1) is 0 Å². The van der Waals surface area contributed by atoms with Gasteiger partial charge in [0.1, 0.15) is 0 Å². The highest BCUT2D eigenvalue weighted by Crippen LogP contribution is 2.11. The second-order valence-electron chi connectivity index (χ2n) is 3.11. The average molecular weight is 202 g/mol. The minimum atomic E-state index is -0.725. The maximum atomic E-state index is 10.9. The van der Waals surface area contributed by atoms with Crippen molar-refractivity contribution in [2.45, 2.75) is 34.0 Å². The normalized spacial score (nSPS) is 12.1. The third-order valence-electron chi connectivity index (χ3n) is 1.49. The second-order valence-corrected chi connectivity index (χ2v) is 3.11. The van der Waals surface area contributed by atoms with E-state index < -0.39 is 12.4 Å². The SMILES string of the molecule is C=C(OC(C)OC(=O)OCC)C(C)C. The molecule has 4 heteroatoms. The van der Waals surface area contributed by atoms with E-state index >= 15 is 0 Å². The zero-order valence-corrected chi connectivity index (χ0v) is 9.20. The molecule has 0 aliphatic heterocycles. The van der Waals surface area contributed by atoms with Gasteiger partial charge in [-0.3, -0.25) is 0 Å². The zero-order chi connectivity index (χ0) is 11.1. The molecule has 0 rings (SSSR count). The fourth-order valence-corrected chi connectivity index (χ4v) is 0.661. The second kappa shape index (κ2) is 6.29. The predicted octanol–water partition coefficient (Wildman–Crippen LogP) is 2.69. The number of ether oxygens (including phenoxy) is 3. The third-order valence-corrected chi connectivity index (χ3v) is 1.49. The quantitative estimate of drug-likeness (QED) is 0.390. The number of hydrogen-bond donors (Lipinski definition) is 0. The molecule has 0 radical (unpaired) electrons. The van der Waals surface area contributed by atoms with E-state index in [9.17, 15) is 4.79 Å². The molecule has 0 aromatic rings. The van der Waals surface area contributed by atoms with Crippen LogP contribution in [0.5, 0.6) is 0 Å². The van der Waals surface area contributed by atoms with Gasteiger partial charge in [-0.05, 0) is 6.92 Å². The van der Waals surface area contributed by atoms with Crippen molar-refractivity contribution in [1.29, 1.82) is 0 Å². The highest BCUT2D eigenvalue weighted by atomic mass is 16.8. The van der Waals surface area contributed by atoms with E-state index in [0.717, 1.165) is 0 Å². The minimum absolute atomic E-state index is 0.197. The molecule has 0 aliphatic carbocycles. The van der Waals surface area contributed by atoms with Crippen molar-refractivity contribution in [3.05, 3.63) is 12.3 Å². The van der Waals surface area contributed by atoms with E-state index in [1.807, 2.05) is 13.8 Å². The molecule has 0 bridgehead atoms. The summed E-state index contributed by atoms with van der Waals surface area (Å²) in [4.78, 5) is 10.9. The van der Waals surface area contributed by atoms with Gasteiger partial charge in [-0.2, -0.15) is 0 Å². The molecular formula is C10H18O4. The van der Waals surface area contributed by atoms with Gasteiger partial charge in [0, 0.05) is 12.8 Å². The lowest BCUT2D eigenvalue weighted by Gasteiger charge is -2.18. The Hall–Kier alpha value is -1.19. The molecule has 0 aromatic heterocycles. The lowest BCUT2D eigenvalue weighted by atomic mass is 10.2. The van der Waals surface area contributed by atoms with Crippen LogP contribution in [0.15, 0.2) is 12.3 Å². The van der Waals surface area contributed by atoms with E-state index in [1.165, 1.54) is 0 Å². The fourth-order valence-electron chi connectivity index (χ4n) is 0.661. The van der Waals surface area contributed by atoms with E-state index in [-0.39, 0.29) is 12.5 Å². The molecule has 0 saturated heterocycles. The number of allylic oxidation sites excluding steroid dienone is 1. The van der Waals surface area contributed by atoms with Crippen molar-refractivity contribution in [2.24, 2.45) is 5.92 Å². The van der Waals surface area contributed by atoms with E-state index in [2.05, 4.69) is 11.3 Å². The van der Waals surface area contributed by atoms with Crippen LogP contribution >= 0.6 is 0 Å². The predicted molar refractivity (Wildman–Crippen MR) is 52.6 cm³/mol. The van der Waals surface area contributed by atoms with Crippen LogP contribution in [0.1, 0.15) is 27.7 Å². The van der Waals surface area contributed by atoms with E-state index in [0.29, 0.717) is 5.76 Å². The van der Waals surface area contributed by atoms with Crippen LogP contribution in [-0.2, 0) is 14.2 Å². The Balaban J connectivity index is 3.80. The molecule has 0 amide bonds. The Kier molecular flexibility index (Phi) is 5.76. The van der Waals surface area contributed by atoms with Crippen molar-refractivity contribution in [1.82, 2.24) is 0 Å². The molecule has 1 unspecified atom stereocenters. The fraction of sp³-hybridized carbons (Fsp3) is 0.700. The summed E-state index contributed by atoms with van der Waals surface area (Å²) >= 11 is 0. The van der Waals surface area contributed by atoms with Gasteiger partial charge in [-0.1, -0.05) is 20.4 Å². The third kappa shape index (κ3) is 5.45. The van der Waals surface area contributed by atoms with Gasteiger partial charge in [0.25, 0.3) is 0 Å². The first-order valence-corrected chi connectivity index (χ1v) is 4.66. The molecule has 1 atom stereocenters. The number of rotatable bonds is 5. The van der Waals surface area contributed by atoms with E-state index in [1.54, 1.807) is 13.8 Å². The van der Waals surface area contributed by atoms with Gasteiger partial charge in [0.05, 0.1) is 12.4 Å². The van der Waals surface area contributed by atoms with Crippen LogP contribution in [0.2, 0.25) is 0 Å². The molecule has 0 N–H and O–H groups in total. The average Bonchev–Trinajstić information content (AvgIpc) is 2.03. The molecule has 0 heterocycles. The topological polar surface area (TPSA) is 44.8 Å². The monoisotopic (exact) mass is 202 g/mol. The Bertz CT molecular complexity index is 198. The zero-order valence-electron chi connectivity index (χ0n) is 9.20. The molecule has 0 aromatic carbocycles. The minimum Gasteiger partial charge on any atom is -0.460 e. The first kappa shape index (κ1) is 12.8. The molecule has 0 fully saturated rings. The van der Waals surface area contributed by atoms with Crippen LogP contribution in [0.4, 0.5) is 4.79 Å². The maximum absolute atomic E-state index is 10.9. The Morgan fingerprint density at radius 3 is 2.29 bits per heavy atom. The Morgan fingerprint density at radius 2 is 1.86 bits per heavy atom. The molecule has 82 valence electrons. The molecule has 14 heavy (non-hydrogen) atoms. The summed E-state index contributed by atoms with van der Waals surface area (Å²) in [6.45, 7) is 11.2. The van der Waals surface area contributed by atoms with Crippen molar-refractivity contribution in [2.75, 3.05) is 6.61 Å². The highest BCUT2D eigenvalue weighted by Gasteiger charge is 2.12. The van der Waals surface area contributed by atoms with Crippen molar-refractivity contribution < 1.29 is 19.0 Å². The number of carbonyl (C=O) groups excluding carboxylic acids is 1. The van der Waals surface area contributed by atoms with Crippen LogP contribution in [0.25, 0.3) is 0 Å². The summed E-state index contributed by atoms with van der Waals surface area (Å²) < 4.78 is 14.6. The standard InChI is InChI=1S/C10H18O4/c1-6-12-10(11)14-9(5)13-8(4)7(2)3/h7,9H,4,6H2,1-3,5H3. The summed E-state index contributed by atoms with van der Waals surface area (Å²) in [6.07, 6.45) is -1.39. The largest absolute Gasteiger partial charge is 0.511 e. The summed E-state index contributed by atoms with van der Waals surface area (Å²) in [5.41, 5.74) is 0. The van der Waals surface area contributed by atoms with E-state index in [4.69, 9.17) is 9.47 Å². The van der Waals surface area contributed by atoms with Gasteiger partial charge in [0.15, 0.2) is 0 Å². The Morgan fingerprint density at radius 1 is 1.29 bits per heavy atom. The Labute approximate surface area is 84.8 Å². The van der Waals surface area contributed by atoms with Crippen LogP contribution in [0.3, 0.4) is 0 Å². The number of hydrogen-bond acceptors (Lipinski definition) is 4. The number of carbonyl (C=O) groups is 1. The van der Waals surface area contributed by atoms with Gasteiger partial charge >= 0.3 is 6.16 Å². The van der Waals surface area contributed by atoms with Gasteiger partial charge in [0.2, 0.25) is 6.29 Å². The maximum Gasteiger partial charge on any atom is 0.511 e. The first-order chi connectivity index (χ1) is 6.47. The molecule has 0 aliphatic rings. The van der Waals surface area contributed by atoms with Gasteiger partial charge in [-0.25, -0.2) is 4.79 Å². The summed E-state index contributed by atoms with van der Waals surface area (Å²) in [5.74, 6) is 0.782. The summed E-state index contributed by atoms with van der Waals surface area (Å²) in [7, 11) is 0. The van der Waals surface area contributed by atoms with Crippen LogP contribution in [0, 0.1) is 5.92 Å². The smallest absolute Gasteiger partial charge is 0.460 e. The molecule has 4 nitrogen and oxygen atoms in total. The molecule has 0 spiro atoms. The lowest BCUT2D eigenvalue weighted by Crippen LogP contribution is -2.19. The van der Waals surface area contributed by atoms with Crippen molar-refractivity contribution >= 4 is 6.16 Å². The molecule has 0 saturated carbocycles. The summed E-state index contributed by atoms with van der Waals surface area (Å²) in [6, 6.07) is 0.